The number of carbonyl (C=O) groups excluding carboxylic acids is 2. The van der Waals surface area contributed by atoms with Gasteiger partial charge in [-0.05, 0) is 78.0 Å². The number of benzene rings is 2. The van der Waals surface area contributed by atoms with Gasteiger partial charge in [0.2, 0.25) is 0 Å². The fourth-order valence-electron chi connectivity index (χ4n) is 3.06. The normalized spacial score (nSPS) is 14.2. The Hall–Kier alpha value is -2.46. The highest BCUT2D eigenvalue weighted by atomic mass is 127. The summed E-state index contributed by atoms with van der Waals surface area (Å²) < 4.78 is 12.7. The van der Waals surface area contributed by atoms with Gasteiger partial charge in [0.25, 0.3) is 11.8 Å². The number of rotatable bonds is 6. The van der Waals surface area contributed by atoms with Crippen LogP contribution < -0.4 is 9.47 Å². The van der Waals surface area contributed by atoms with E-state index in [1.165, 1.54) is 15.4 Å². The molecule has 0 saturated carbocycles. The highest BCUT2D eigenvalue weighted by molar-refractivity contribution is 14.1. The molecule has 162 valence electrons. The summed E-state index contributed by atoms with van der Waals surface area (Å²) in [5, 5.41) is 0.177. The smallest absolute Gasteiger partial charge is 0.265 e. The number of halogens is 1. The molecular weight excluding hydrogens is 527 g/mol. The van der Waals surface area contributed by atoms with E-state index in [1.54, 1.807) is 26.2 Å². The highest BCUT2D eigenvalue weighted by Gasteiger charge is 2.35. The molecule has 0 radical (unpaired) electrons. The van der Waals surface area contributed by atoms with Gasteiger partial charge in [0.15, 0.2) is 16.6 Å². The molecule has 1 aliphatic heterocycles. The summed E-state index contributed by atoms with van der Waals surface area (Å²) in [4.78, 5) is 27.8. The Morgan fingerprint density at radius 3 is 2.23 bits per heavy atom. The van der Waals surface area contributed by atoms with Crippen LogP contribution in [0.4, 0.5) is 0 Å². The number of carbonyl (C=O) groups is 2. The zero-order valence-corrected chi connectivity index (χ0v) is 20.7. The van der Waals surface area contributed by atoms with E-state index in [2.05, 4.69) is 22.6 Å². The van der Waals surface area contributed by atoms with E-state index in [1.807, 2.05) is 44.2 Å². The quantitative estimate of drug-likeness (QED) is 0.234. The number of amides is 2. The van der Waals surface area contributed by atoms with Crippen LogP contribution in [0.5, 0.6) is 11.5 Å². The second kappa shape index (κ2) is 9.78. The minimum absolute atomic E-state index is 0.0465. The van der Waals surface area contributed by atoms with Crippen LogP contribution >= 0.6 is 34.8 Å². The Balaban J connectivity index is 1.93. The van der Waals surface area contributed by atoms with Crippen molar-refractivity contribution >= 4 is 57.8 Å². The zero-order chi connectivity index (χ0) is 22.7. The number of aryl methyl sites for hydroxylation is 1. The maximum absolute atomic E-state index is 12.6. The van der Waals surface area contributed by atoms with E-state index in [-0.39, 0.29) is 10.7 Å². The standard InChI is InChI=1S/C23H23IN2O4S/c1-5-29-19-12-16(10-17-21(27)25(3)23(31)26(4)22(17)28)11-18(24)20(19)30-13-15-8-6-14(2)7-9-15/h6-12H,5,13H2,1-4H3. The Morgan fingerprint density at radius 2 is 1.65 bits per heavy atom. The number of hydrogen-bond acceptors (Lipinski definition) is 5. The van der Waals surface area contributed by atoms with Crippen molar-refractivity contribution in [3.63, 3.8) is 0 Å². The number of thiocarbonyl (C=S) groups is 1. The van der Waals surface area contributed by atoms with Gasteiger partial charge in [-0.15, -0.1) is 0 Å². The Morgan fingerprint density at radius 1 is 1.03 bits per heavy atom. The molecule has 0 N–H and O–H groups in total. The molecule has 1 heterocycles. The van der Waals surface area contributed by atoms with Crippen LogP contribution in [0, 0.1) is 10.5 Å². The summed E-state index contributed by atoms with van der Waals surface area (Å²) in [6.45, 7) is 4.79. The maximum atomic E-state index is 12.6. The third-order valence-electron chi connectivity index (χ3n) is 4.79. The SMILES string of the molecule is CCOc1cc(C=C2C(=O)N(C)C(=S)N(C)C2=O)cc(I)c1OCc1ccc(C)cc1. The van der Waals surface area contributed by atoms with Crippen LogP contribution in [0.3, 0.4) is 0 Å². The Labute approximate surface area is 200 Å². The van der Waals surface area contributed by atoms with Gasteiger partial charge in [0.05, 0.1) is 10.2 Å². The predicted octanol–water partition coefficient (Wildman–Crippen LogP) is 4.18. The van der Waals surface area contributed by atoms with Crippen molar-refractivity contribution in [2.75, 3.05) is 20.7 Å². The molecule has 2 amide bonds. The van der Waals surface area contributed by atoms with Crippen molar-refractivity contribution in [2.45, 2.75) is 20.5 Å². The first kappa shape index (κ1) is 23.2. The van der Waals surface area contributed by atoms with Gasteiger partial charge < -0.3 is 9.47 Å². The van der Waals surface area contributed by atoms with Gasteiger partial charge in [-0.3, -0.25) is 19.4 Å². The molecule has 0 aromatic heterocycles. The van der Waals surface area contributed by atoms with Crippen LogP contribution in [0.25, 0.3) is 6.08 Å². The zero-order valence-electron chi connectivity index (χ0n) is 17.8. The Bertz CT molecular complexity index is 1040. The lowest BCUT2D eigenvalue weighted by Crippen LogP contribution is -2.52. The molecule has 0 atom stereocenters. The second-order valence-corrected chi connectivity index (χ2v) is 8.63. The molecule has 0 spiro atoms. The number of nitrogens with zero attached hydrogens (tertiary/aromatic N) is 2. The Kier molecular flexibility index (Phi) is 7.32. The molecule has 0 bridgehead atoms. The van der Waals surface area contributed by atoms with Crippen LogP contribution in [-0.4, -0.2) is 47.4 Å². The first-order valence-electron chi connectivity index (χ1n) is 9.69. The lowest BCUT2D eigenvalue weighted by Gasteiger charge is -2.31. The molecule has 1 aliphatic rings. The summed E-state index contributed by atoms with van der Waals surface area (Å²) in [5.74, 6) is 0.324. The van der Waals surface area contributed by atoms with Gasteiger partial charge in [-0.2, -0.15) is 0 Å². The van der Waals surface area contributed by atoms with Crippen LogP contribution in [0.15, 0.2) is 42.0 Å². The molecule has 2 aromatic rings. The molecule has 0 unspecified atom stereocenters. The topological polar surface area (TPSA) is 59.1 Å². The van der Waals surface area contributed by atoms with Crippen molar-refractivity contribution in [1.82, 2.24) is 9.80 Å². The van der Waals surface area contributed by atoms with E-state index in [9.17, 15) is 9.59 Å². The van der Waals surface area contributed by atoms with E-state index < -0.39 is 11.8 Å². The highest BCUT2D eigenvalue weighted by Crippen LogP contribution is 2.36. The first-order chi connectivity index (χ1) is 14.7. The van der Waals surface area contributed by atoms with E-state index in [0.29, 0.717) is 30.3 Å². The summed E-state index contributed by atoms with van der Waals surface area (Å²) in [6.07, 6.45) is 1.56. The van der Waals surface area contributed by atoms with Gasteiger partial charge >= 0.3 is 0 Å². The average molecular weight is 550 g/mol. The van der Waals surface area contributed by atoms with E-state index in [4.69, 9.17) is 21.7 Å². The molecule has 0 aliphatic carbocycles. The van der Waals surface area contributed by atoms with Gasteiger partial charge in [0, 0.05) is 14.1 Å². The van der Waals surface area contributed by atoms with E-state index in [0.717, 1.165) is 9.13 Å². The minimum atomic E-state index is -0.430. The third kappa shape index (κ3) is 5.07. The fourth-order valence-corrected chi connectivity index (χ4v) is 4.00. The van der Waals surface area contributed by atoms with Crippen molar-refractivity contribution in [1.29, 1.82) is 0 Å². The van der Waals surface area contributed by atoms with Crippen molar-refractivity contribution in [2.24, 2.45) is 0 Å². The van der Waals surface area contributed by atoms with Crippen molar-refractivity contribution < 1.29 is 19.1 Å². The average Bonchev–Trinajstić information content (AvgIpc) is 2.75. The van der Waals surface area contributed by atoms with Crippen molar-refractivity contribution in [3.8, 4) is 11.5 Å². The van der Waals surface area contributed by atoms with E-state index >= 15 is 0 Å². The lowest BCUT2D eigenvalue weighted by molar-refractivity contribution is -0.132. The summed E-state index contributed by atoms with van der Waals surface area (Å²) in [5.41, 5.74) is 2.96. The summed E-state index contributed by atoms with van der Waals surface area (Å²) >= 11 is 7.31. The van der Waals surface area contributed by atoms with Crippen LogP contribution in [0.1, 0.15) is 23.6 Å². The van der Waals surface area contributed by atoms with Crippen LogP contribution in [-0.2, 0) is 16.2 Å². The lowest BCUT2D eigenvalue weighted by atomic mass is 10.1. The van der Waals surface area contributed by atoms with Crippen LogP contribution in [0.2, 0.25) is 0 Å². The molecule has 31 heavy (non-hydrogen) atoms. The molecule has 1 fully saturated rings. The molecule has 1 saturated heterocycles. The second-order valence-electron chi connectivity index (χ2n) is 7.11. The third-order valence-corrected chi connectivity index (χ3v) is 6.14. The number of ether oxygens (including phenoxy) is 2. The van der Waals surface area contributed by atoms with Crippen molar-refractivity contribution in [3.05, 3.63) is 62.2 Å². The molecule has 3 rings (SSSR count). The monoisotopic (exact) mass is 550 g/mol. The van der Waals surface area contributed by atoms with Gasteiger partial charge in [-0.1, -0.05) is 29.8 Å². The summed E-state index contributed by atoms with van der Waals surface area (Å²) in [6, 6.07) is 11.8. The fraction of sp³-hybridized carbons (Fsp3) is 0.261. The molecule has 8 heteroatoms. The largest absolute Gasteiger partial charge is 0.490 e. The molecule has 2 aromatic carbocycles. The molecule has 6 nitrogen and oxygen atoms in total. The first-order valence-corrected chi connectivity index (χ1v) is 11.2. The summed E-state index contributed by atoms with van der Waals surface area (Å²) in [7, 11) is 3.11. The van der Waals surface area contributed by atoms with Gasteiger partial charge in [-0.25, -0.2) is 0 Å². The van der Waals surface area contributed by atoms with Gasteiger partial charge in [0.1, 0.15) is 12.2 Å². The maximum Gasteiger partial charge on any atom is 0.265 e. The predicted molar refractivity (Wildman–Crippen MR) is 132 cm³/mol. The number of likely N-dealkylation sites (N-methyl/N-ethyl adjacent to an activating group) is 2. The number of hydrogen-bond donors (Lipinski definition) is 0. The molecular formula is C23H23IN2O4S. The minimum Gasteiger partial charge on any atom is -0.490 e.